The van der Waals surface area contributed by atoms with Crippen molar-refractivity contribution in [1.29, 1.82) is 0 Å². The molecule has 20 heavy (non-hydrogen) atoms. The first-order valence-electron chi connectivity index (χ1n) is 7.00. The first-order valence-corrected chi connectivity index (χ1v) is 7.00. The van der Waals surface area contributed by atoms with Gasteiger partial charge in [0.25, 0.3) is 5.69 Å². The Hall–Kier alpha value is -1.78. The molecule has 1 rings (SSSR count). The molecule has 0 aromatic heterocycles. The number of non-ortho nitro benzene ring substituents is 1. The summed E-state index contributed by atoms with van der Waals surface area (Å²) < 4.78 is 5.56. The fraction of sp³-hybridized carbons (Fsp3) is 0.600. The van der Waals surface area contributed by atoms with Gasteiger partial charge in [-0.15, -0.1) is 0 Å². The number of hydrogen-bond acceptors (Lipinski definition) is 4. The molecule has 0 saturated heterocycles. The van der Waals surface area contributed by atoms with Crippen LogP contribution in [0.4, 0.5) is 11.4 Å². The van der Waals surface area contributed by atoms with Gasteiger partial charge >= 0.3 is 0 Å². The number of hydrogen-bond donors (Lipinski definition) is 1. The van der Waals surface area contributed by atoms with Gasteiger partial charge in [-0.25, -0.2) is 0 Å². The molecule has 0 bridgehead atoms. The summed E-state index contributed by atoms with van der Waals surface area (Å²) in [6, 6.07) is 5.07. The lowest BCUT2D eigenvalue weighted by atomic mass is 10.1. The molecule has 0 fully saturated rings. The smallest absolute Gasteiger partial charge is 0.275 e. The van der Waals surface area contributed by atoms with E-state index in [-0.39, 0.29) is 17.8 Å². The lowest BCUT2D eigenvalue weighted by Crippen LogP contribution is -2.17. The first kappa shape index (κ1) is 16.3. The molecule has 0 heterocycles. The molecule has 0 radical (unpaired) electrons. The van der Waals surface area contributed by atoms with Crippen LogP contribution in [0.5, 0.6) is 5.75 Å². The van der Waals surface area contributed by atoms with E-state index in [1.54, 1.807) is 6.07 Å². The molecule has 0 aliphatic carbocycles. The molecule has 5 heteroatoms. The lowest BCUT2D eigenvalue weighted by Gasteiger charge is -2.18. The molecular weight excluding hydrogens is 256 g/mol. The van der Waals surface area contributed by atoms with Gasteiger partial charge in [0.05, 0.1) is 17.1 Å². The Morgan fingerprint density at radius 1 is 1.20 bits per heavy atom. The number of rotatable bonds is 7. The van der Waals surface area contributed by atoms with Crippen LogP contribution in [0.25, 0.3) is 0 Å². The molecule has 1 aromatic rings. The number of ether oxygens (including phenoxy) is 1. The van der Waals surface area contributed by atoms with E-state index in [1.165, 1.54) is 6.07 Å². The standard InChI is InChI=1S/C15H24N2O3/c1-10(2)6-12(5)16-13-7-14(17(18)19)9-15(8-13)20-11(3)4/h7-12,16H,6H2,1-5H3. The first-order chi connectivity index (χ1) is 9.27. The van der Waals surface area contributed by atoms with E-state index in [0.29, 0.717) is 11.7 Å². The number of nitro groups is 1. The Bertz CT molecular complexity index is 458. The van der Waals surface area contributed by atoms with Gasteiger partial charge in [0, 0.05) is 23.9 Å². The molecule has 0 amide bonds. The van der Waals surface area contributed by atoms with E-state index < -0.39 is 4.92 Å². The second-order valence-electron chi connectivity index (χ2n) is 5.81. The van der Waals surface area contributed by atoms with Gasteiger partial charge in [0.2, 0.25) is 0 Å². The zero-order chi connectivity index (χ0) is 15.3. The highest BCUT2D eigenvalue weighted by Gasteiger charge is 2.13. The number of anilines is 1. The Morgan fingerprint density at radius 2 is 1.85 bits per heavy atom. The Balaban J connectivity index is 2.93. The summed E-state index contributed by atoms with van der Waals surface area (Å²) in [4.78, 5) is 10.6. The van der Waals surface area contributed by atoms with Crippen molar-refractivity contribution >= 4 is 11.4 Å². The topological polar surface area (TPSA) is 64.4 Å². The van der Waals surface area contributed by atoms with Crippen molar-refractivity contribution in [3.05, 3.63) is 28.3 Å². The summed E-state index contributed by atoms with van der Waals surface area (Å²) >= 11 is 0. The van der Waals surface area contributed by atoms with E-state index in [9.17, 15) is 10.1 Å². The second kappa shape index (κ2) is 7.12. The Morgan fingerprint density at radius 3 is 2.35 bits per heavy atom. The van der Waals surface area contributed by atoms with E-state index >= 15 is 0 Å². The highest BCUT2D eigenvalue weighted by atomic mass is 16.6. The SMILES string of the molecule is CC(C)CC(C)Nc1cc(OC(C)C)cc([N+](=O)[O-])c1. The van der Waals surface area contributed by atoms with E-state index in [1.807, 2.05) is 19.9 Å². The number of benzene rings is 1. The quantitative estimate of drug-likeness (QED) is 0.599. The monoisotopic (exact) mass is 280 g/mol. The van der Waals surface area contributed by atoms with Crippen LogP contribution in [0.2, 0.25) is 0 Å². The van der Waals surface area contributed by atoms with Crippen molar-refractivity contribution in [2.75, 3.05) is 5.32 Å². The van der Waals surface area contributed by atoms with Gasteiger partial charge in [0.1, 0.15) is 5.75 Å². The minimum atomic E-state index is -0.397. The molecule has 0 aliphatic rings. The maximum absolute atomic E-state index is 11.0. The van der Waals surface area contributed by atoms with Crippen LogP contribution in [0.1, 0.15) is 41.0 Å². The fourth-order valence-electron chi connectivity index (χ4n) is 2.16. The third-order valence-electron chi connectivity index (χ3n) is 2.71. The summed E-state index contributed by atoms with van der Waals surface area (Å²) in [7, 11) is 0. The minimum absolute atomic E-state index is 0.0158. The zero-order valence-corrected chi connectivity index (χ0v) is 12.8. The molecule has 1 N–H and O–H groups in total. The van der Waals surface area contributed by atoms with Gasteiger partial charge in [-0.05, 0) is 33.1 Å². The van der Waals surface area contributed by atoms with Crippen LogP contribution in [-0.2, 0) is 0 Å². The molecule has 0 spiro atoms. The maximum atomic E-state index is 11.0. The second-order valence-corrected chi connectivity index (χ2v) is 5.81. The maximum Gasteiger partial charge on any atom is 0.275 e. The van der Waals surface area contributed by atoms with E-state index in [4.69, 9.17) is 4.74 Å². The van der Waals surface area contributed by atoms with Crippen LogP contribution in [0, 0.1) is 16.0 Å². The third kappa shape index (κ3) is 5.47. The average Bonchev–Trinajstić information content (AvgIpc) is 2.25. The minimum Gasteiger partial charge on any atom is -0.491 e. The largest absolute Gasteiger partial charge is 0.491 e. The van der Waals surface area contributed by atoms with Crippen molar-refractivity contribution in [3.63, 3.8) is 0 Å². The molecule has 5 nitrogen and oxygen atoms in total. The molecule has 1 atom stereocenters. The Kier molecular flexibility index (Phi) is 5.80. The van der Waals surface area contributed by atoms with Crippen LogP contribution in [0.3, 0.4) is 0 Å². The summed E-state index contributed by atoms with van der Waals surface area (Å²) in [6.45, 7) is 10.2. The van der Waals surface area contributed by atoms with Gasteiger partial charge in [0.15, 0.2) is 0 Å². The number of nitro benzene ring substituents is 1. The van der Waals surface area contributed by atoms with Crippen molar-refractivity contribution in [1.82, 2.24) is 0 Å². The van der Waals surface area contributed by atoms with E-state index in [0.717, 1.165) is 12.1 Å². The normalized spacial score (nSPS) is 12.6. The predicted octanol–water partition coefficient (Wildman–Crippen LogP) is 4.23. The third-order valence-corrected chi connectivity index (χ3v) is 2.71. The molecule has 1 aromatic carbocycles. The summed E-state index contributed by atoms with van der Waals surface area (Å²) in [5.41, 5.74) is 0.769. The molecule has 112 valence electrons. The van der Waals surface area contributed by atoms with Crippen molar-refractivity contribution < 1.29 is 9.66 Å². The summed E-state index contributed by atoms with van der Waals surface area (Å²) in [5, 5.41) is 14.3. The van der Waals surface area contributed by atoms with Crippen molar-refractivity contribution in [2.45, 2.75) is 53.2 Å². The summed E-state index contributed by atoms with van der Waals surface area (Å²) in [5.74, 6) is 1.09. The molecule has 0 saturated carbocycles. The highest BCUT2D eigenvalue weighted by molar-refractivity contribution is 5.56. The van der Waals surface area contributed by atoms with Gasteiger partial charge in [-0.3, -0.25) is 10.1 Å². The summed E-state index contributed by atoms with van der Waals surface area (Å²) in [6.07, 6.45) is 0.987. The molecular formula is C15H24N2O3. The highest BCUT2D eigenvalue weighted by Crippen LogP contribution is 2.27. The molecule has 0 aliphatic heterocycles. The fourth-order valence-corrected chi connectivity index (χ4v) is 2.16. The van der Waals surface area contributed by atoms with Gasteiger partial charge < -0.3 is 10.1 Å². The average molecular weight is 280 g/mol. The van der Waals surface area contributed by atoms with Gasteiger partial charge in [-0.2, -0.15) is 0 Å². The number of nitrogens with one attached hydrogen (secondary N) is 1. The van der Waals surface area contributed by atoms with Crippen molar-refractivity contribution in [2.24, 2.45) is 5.92 Å². The molecule has 1 unspecified atom stereocenters. The predicted molar refractivity (Wildman–Crippen MR) is 81.4 cm³/mol. The van der Waals surface area contributed by atoms with Crippen LogP contribution in [0.15, 0.2) is 18.2 Å². The van der Waals surface area contributed by atoms with Crippen LogP contribution >= 0.6 is 0 Å². The van der Waals surface area contributed by atoms with Crippen molar-refractivity contribution in [3.8, 4) is 5.75 Å². The zero-order valence-electron chi connectivity index (χ0n) is 12.8. The number of nitrogens with zero attached hydrogens (tertiary/aromatic N) is 1. The van der Waals surface area contributed by atoms with Crippen LogP contribution < -0.4 is 10.1 Å². The van der Waals surface area contributed by atoms with E-state index in [2.05, 4.69) is 26.1 Å². The lowest BCUT2D eigenvalue weighted by molar-refractivity contribution is -0.384. The van der Waals surface area contributed by atoms with Crippen LogP contribution in [-0.4, -0.2) is 17.1 Å². The Labute approximate surface area is 120 Å². The van der Waals surface area contributed by atoms with Gasteiger partial charge in [-0.1, -0.05) is 13.8 Å².